The van der Waals surface area contributed by atoms with E-state index in [4.69, 9.17) is 4.74 Å². The molecular formula is C22H22F3N5O3. The minimum absolute atomic E-state index is 0.00909. The number of ether oxygens (including phenoxy) is 1. The lowest BCUT2D eigenvalue weighted by Gasteiger charge is -2.30. The van der Waals surface area contributed by atoms with Crippen LogP contribution in [0.2, 0.25) is 0 Å². The summed E-state index contributed by atoms with van der Waals surface area (Å²) in [4.78, 5) is 32.4. The van der Waals surface area contributed by atoms with Crippen LogP contribution in [0.4, 0.5) is 13.2 Å². The van der Waals surface area contributed by atoms with Crippen molar-refractivity contribution in [3.8, 4) is 17.0 Å². The zero-order valence-corrected chi connectivity index (χ0v) is 17.9. The zero-order valence-electron chi connectivity index (χ0n) is 17.9. The third kappa shape index (κ3) is 6.09. The third-order valence-electron chi connectivity index (χ3n) is 4.64. The molecule has 2 heterocycles. The average molecular weight is 461 g/mol. The van der Waals surface area contributed by atoms with E-state index in [1.165, 1.54) is 31.7 Å². The van der Waals surface area contributed by atoms with E-state index in [0.29, 0.717) is 16.7 Å². The van der Waals surface area contributed by atoms with Crippen molar-refractivity contribution in [3.05, 3.63) is 60.1 Å². The molecule has 1 unspecified atom stereocenters. The Morgan fingerprint density at radius 3 is 2.61 bits per heavy atom. The summed E-state index contributed by atoms with van der Waals surface area (Å²) < 4.78 is 43.0. The van der Waals surface area contributed by atoms with Gasteiger partial charge in [-0.05, 0) is 29.7 Å². The molecule has 1 aromatic heterocycles. The second kappa shape index (κ2) is 9.72. The average Bonchev–Trinajstić information content (AvgIpc) is 2.76. The van der Waals surface area contributed by atoms with E-state index in [2.05, 4.69) is 25.9 Å². The Morgan fingerprint density at radius 1 is 1.21 bits per heavy atom. The highest BCUT2D eigenvalue weighted by atomic mass is 19.4. The predicted molar refractivity (Wildman–Crippen MR) is 115 cm³/mol. The van der Waals surface area contributed by atoms with Gasteiger partial charge >= 0.3 is 6.18 Å². The molecule has 11 heteroatoms. The molecule has 8 nitrogen and oxygen atoms in total. The monoisotopic (exact) mass is 461 g/mol. The summed E-state index contributed by atoms with van der Waals surface area (Å²) in [6.07, 6.45) is 0.903. The van der Waals surface area contributed by atoms with Crippen molar-refractivity contribution in [3.63, 3.8) is 0 Å². The van der Waals surface area contributed by atoms with E-state index >= 15 is 0 Å². The van der Waals surface area contributed by atoms with Crippen molar-refractivity contribution in [2.24, 2.45) is 4.99 Å². The number of pyridine rings is 1. The van der Waals surface area contributed by atoms with Gasteiger partial charge in [0.25, 0.3) is 5.91 Å². The molecule has 0 saturated heterocycles. The van der Waals surface area contributed by atoms with E-state index in [1.54, 1.807) is 24.3 Å². The number of alkyl halides is 3. The second-order valence-electron chi connectivity index (χ2n) is 7.33. The number of halogens is 3. The summed E-state index contributed by atoms with van der Waals surface area (Å²) in [5.74, 6) is -1.20. The van der Waals surface area contributed by atoms with Gasteiger partial charge in [0, 0.05) is 37.6 Å². The SMILES string of the molecule is CC(=O)NC1(C(=O)NCc2cnc(OCC(F)(F)F)c(-c3ccccc3C)c2)C=NC=CN1. The van der Waals surface area contributed by atoms with E-state index in [-0.39, 0.29) is 12.4 Å². The standard InChI is InChI=1S/C22H22F3N5O3/c1-14-5-3-4-6-17(14)18-9-16(10-27-19(18)33-13-22(23,24)25)11-28-20(32)21(30-15(2)31)12-26-7-8-29-21/h3-10,12,29H,11,13H2,1-2H3,(H,28,32)(H,30,31). The van der Waals surface area contributed by atoms with Gasteiger partial charge < -0.3 is 20.7 Å². The van der Waals surface area contributed by atoms with Gasteiger partial charge in [-0.3, -0.25) is 14.6 Å². The van der Waals surface area contributed by atoms with Gasteiger partial charge in [-0.25, -0.2) is 4.98 Å². The number of hydrogen-bond donors (Lipinski definition) is 3. The summed E-state index contributed by atoms with van der Waals surface area (Å²) in [6, 6.07) is 8.73. The fourth-order valence-electron chi connectivity index (χ4n) is 3.18. The van der Waals surface area contributed by atoms with Crippen LogP contribution in [0.25, 0.3) is 11.1 Å². The number of rotatable bonds is 7. The fourth-order valence-corrected chi connectivity index (χ4v) is 3.18. The van der Waals surface area contributed by atoms with Crippen molar-refractivity contribution in [1.29, 1.82) is 0 Å². The third-order valence-corrected chi connectivity index (χ3v) is 4.64. The molecule has 3 N–H and O–H groups in total. The molecule has 0 fully saturated rings. The molecule has 174 valence electrons. The number of amides is 2. The Balaban J connectivity index is 1.85. The quantitative estimate of drug-likeness (QED) is 0.588. The van der Waals surface area contributed by atoms with Gasteiger partial charge in [0.15, 0.2) is 6.61 Å². The number of carbonyl (C=O) groups excluding carboxylic acids is 2. The minimum Gasteiger partial charge on any atom is -0.468 e. The lowest BCUT2D eigenvalue weighted by Crippen LogP contribution is -2.67. The van der Waals surface area contributed by atoms with Gasteiger partial charge in [0.05, 0.1) is 6.21 Å². The topological polar surface area (TPSA) is 105 Å². The van der Waals surface area contributed by atoms with Crippen LogP contribution in [0.5, 0.6) is 5.88 Å². The van der Waals surface area contributed by atoms with Gasteiger partial charge in [0.1, 0.15) is 0 Å². The molecule has 3 rings (SSSR count). The number of aromatic nitrogens is 1. The number of aliphatic imine (C=N–C) groups is 1. The van der Waals surface area contributed by atoms with Gasteiger partial charge in [0.2, 0.25) is 17.5 Å². The van der Waals surface area contributed by atoms with Gasteiger partial charge in [-0.2, -0.15) is 13.2 Å². The van der Waals surface area contributed by atoms with Gasteiger partial charge in [-0.1, -0.05) is 24.3 Å². The maximum absolute atomic E-state index is 12.8. The van der Waals surface area contributed by atoms with E-state index in [1.807, 2.05) is 13.0 Å². The molecule has 2 amide bonds. The molecule has 2 aromatic rings. The lowest BCUT2D eigenvalue weighted by atomic mass is 10.0. The van der Waals surface area contributed by atoms with Crippen molar-refractivity contribution in [2.45, 2.75) is 32.2 Å². The first kappa shape index (κ1) is 23.8. The smallest absolute Gasteiger partial charge is 0.422 e. The van der Waals surface area contributed by atoms with Crippen molar-refractivity contribution in [2.75, 3.05) is 6.61 Å². The first-order chi connectivity index (χ1) is 15.6. The predicted octanol–water partition coefficient (Wildman–Crippen LogP) is 2.59. The Kier molecular flexibility index (Phi) is 7.00. The van der Waals surface area contributed by atoms with Crippen LogP contribution in [-0.4, -0.2) is 41.5 Å². The summed E-state index contributed by atoms with van der Waals surface area (Å²) in [7, 11) is 0. The van der Waals surface area contributed by atoms with Crippen LogP contribution < -0.4 is 20.7 Å². The van der Waals surface area contributed by atoms with E-state index < -0.39 is 30.3 Å². The highest BCUT2D eigenvalue weighted by molar-refractivity contribution is 6.06. The maximum atomic E-state index is 12.8. The number of aryl methyl sites for hydroxylation is 1. The van der Waals surface area contributed by atoms with Crippen LogP contribution in [0.3, 0.4) is 0 Å². The largest absolute Gasteiger partial charge is 0.468 e. The number of carbonyl (C=O) groups is 2. The highest BCUT2D eigenvalue weighted by Crippen LogP contribution is 2.32. The summed E-state index contributed by atoms with van der Waals surface area (Å²) in [5.41, 5.74) is 0.777. The Hall–Kier alpha value is -3.89. The molecule has 0 spiro atoms. The molecular weight excluding hydrogens is 439 g/mol. The molecule has 1 aliphatic rings. The van der Waals surface area contributed by atoms with Gasteiger partial charge in [-0.15, -0.1) is 0 Å². The van der Waals surface area contributed by atoms with Crippen molar-refractivity contribution >= 4 is 18.0 Å². The zero-order chi connectivity index (χ0) is 24.1. The maximum Gasteiger partial charge on any atom is 0.422 e. The molecule has 1 aliphatic heterocycles. The van der Waals surface area contributed by atoms with E-state index in [9.17, 15) is 22.8 Å². The summed E-state index contributed by atoms with van der Waals surface area (Å²) >= 11 is 0. The van der Waals surface area contributed by atoms with Crippen LogP contribution in [-0.2, 0) is 16.1 Å². The van der Waals surface area contributed by atoms with Crippen LogP contribution >= 0.6 is 0 Å². The number of benzene rings is 1. The molecule has 1 atom stereocenters. The molecule has 33 heavy (non-hydrogen) atoms. The Labute approximate surface area is 188 Å². The van der Waals surface area contributed by atoms with Crippen LogP contribution in [0, 0.1) is 6.92 Å². The van der Waals surface area contributed by atoms with Crippen LogP contribution in [0.1, 0.15) is 18.1 Å². The fraction of sp³-hybridized carbons (Fsp3) is 0.273. The first-order valence-corrected chi connectivity index (χ1v) is 9.88. The number of nitrogens with one attached hydrogen (secondary N) is 3. The molecule has 0 aliphatic carbocycles. The Bertz CT molecular complexity index is 1100. The molecule has 0 radical (unpaired) electrons. The lowest BCUT2D eigenvalue weighted by molar-refractivity contribution is -0.154. The van der Waals surface area contributed by atoms with Crippen molar-refractivity contribution < 1.29 is 27.5 Å². The number of nitrogens with zero attached hydrogens (tertiary/aromatic N) is 2. The second-order valence-corrected chi connectivity index (χ2v) is 7.33. The highest BCUT2D eigenvalue weighted by Gasteiger charge is 2.38. The molecule has 1 aromatic carbocycles. The normalized spacial score (nSPS) is 17.2. The van der Waals surface area contributed by atoms with E-state index in [0.717, 1.165) is 5.56 Å². The minimum atomic E-state index is -4.52. The Morgan fingerprint density at radius 2 is 1.97 bits per heavy atom. The number of hydrogen-bond acceptors (Lipinski definition) is 6. The summed E-state index contributed by atoms with van der Waals surface area (Å²) in [6.45, 7) is 1.59. The molecule has 0 bridgehead atoms. The first-order valence-electron chi connectivity index (χ1n) is 9.88. The molecule has 0 saturated carbocycles. The summed E-state index contributed by atoms with van der Waals surface area (Å²) in [5, 5.41) is 7.96. The van der Waals surface area contributed by atoms with Crippen molar-refractivity contribution in [1.82, 2.24) is 20.9 Å². The van der Waals surface area contributed by atoms with Crippen LogP contribution in [0.15, 0.2) is 53.9 Å².